The average Bonchev–Trinajstić information content (AvgIpc) is 3.62. The van der Waals surface area contributed by atoms with E-state index in [0.29, 0.717) is 37.3 Å². The number of fused-ring (bicyclic) bond motifs is 6. The van der Waals surface area contributed by atoms with E-state index < -0.39 is 0 Å². The molecular formula is C48H54F2N4O4. The molecule has 58 heavy (non-hydrogen) atoms. The van der Waals surface area contributed by atoms with E-state index in [9.17, 15) is 18.4 Å². The van der Waals surface area contributed by atoms with Crippen LogP contribution in [0.2, 0.25) is 0 Å². The number of likely N-dealkylation sites (N-methyl/N-ethyl adjacent to an activating group) is 2. The molecule has 0 aliphatic carbocycles. The molecule has 6 aliphatic rings. The molecule has 6 aliphatic heterocycles. The molecule has 4 aromatic rings. The summed E-state index contributed by atoms with van der Waals surface area (Å²) >= 11 is 0. The first-order valence-electron chi connectivity index (χ1n) is 21.3. The Balaban J connectivity index is 0.000000150. The zero-order chi connectivity index (χ0) is 39.9. The Morgan fingerprint density at radius 3 is 1.31 bits per heavy atom. The van der Waals surface area contributed by atoms with E-state index in [1.165, 1.54) is 48.2 Å². The molecule has 4 unspecified atom stereocenters. The number of carbonyl (C=O) groups is 2. The van der Waals surface area contributed by atoms with Crippen molar-refractivity contribution in [1.82, 2.24) is 19.6 Å². The first-order chi connectivity index (χ1) is 28.2. The second-order valence-electron chi connectivity index (χ2n) is 17.1. The number of piperidine rings is 2. The molecule has 0 saturated carbocycles. The van der Waals surface area contributed by atoms with Crippen molar-refractivity contribution in [3.8, 4) is 0 Å². The number of carbonyl (C=O) groups excluding carboxylic acids is 2. The van der Waals surface area contributed by atoms with Crippen LogP contribution in [0.25, 0.3) is 0 Å². The summed E-state index contributed by atoms with van der Waals surface area (Å²) in [5.74, 6) is -0.541. The van der Waals surface area contributed by atoms with Crippen molar-refractivity contribution in [1.29, 1.82) is 0 Å². The maximum absolute atomic E-state index is 13.5. The number of halogens is 2. The molecule has 6 heterocycles. The molecular weight excluding hydrogens is 735 g/mol. The summed E-state index contributed by atoms with van der Waals surface area (Å²) in [4.78, 5) is 35.1. The highest BCUT2D eigenvalue weighted by Crippen LogP contribution is 2.41. The van der Waals surface area contributed by atoms with Crippen LogP contribution in [0.3, 0.4) is 0 Å². The molecule has 0 aromatic heterocycles. The molecule has 2 amide bonds. The van der Waals surface area contributed by atoms with Gasteiger partial charge in [0, 0.05) is 37.3 Å². The third kappa shape index (κ3) is 7.50. The van der Waals surface area contributed by atoms with Gasteiger partial charge in [-0.25, -0.2) is 18.4 Å². The lowest BCUT2D eigenvalue weighted by Gasteiger charge is -2.40. The first-order valence-corrected chi connectivity index (χ1v) is 21.3. The van der Waals surface area contributed by atoms with E-state index in [2.05, 4.69) is 48.2 Å². The predicted octanol–water partition coefficient (Wildman–Crippen LogP) is 9.07. The van der Waals surface area contributed by atoms with Crippen molar-refractivity contribution in [3.05, 3.63) is 142 Å². The van der Waals surface area contributed by atoms with Gasteiger partial charge in [0.05, 0.1) is 12.1 Å². The fourth-order valence-electron chi connectivity index (χ4n) is 11.0. The Kier molecular flexibility index (Phi) is 11.0. The Morgan fingerprint density at radius 1 is 0.517 bits per heavy atom. The van der Waals surface area contributed by atoms with Gasteiger partial charge in [0.2, 0.25) is 0 Å². The van der Waals surface area contributed by atoms with Crippen molar-refractivity contribution in [3.63, 3.8) is 0 Å². The van der Waals surface area contributed by atoms with E-state index in [1.54, 1.807) is 24.3 Å². The molecule has 4 fully saturated rings. The lowest BCUT2D eigenvalue weighted by molar-refractivity contribution is -0.00970. The zero-order valence-electron chi connectivity index (χ0n) is 33.5. The Bertz CT molecular complexity index is 1950. The summed E-state index contributed by atoms with van der Waals surface area (Å²) in [7, 11) is 4.31. The minimum absolute atomic E-state index is 0.0442. The summed E-state index contributed by atoms with van der Waals surface area (Å²) in [5.41, 5.74) is 6.51. The standard InChI is InChI=1S/2C24H27FN2O2/c2*1-26-19-10-12-21(26)22(13-11-19)29-24(28)27-15-14-16-4-2-3-5-20(16)23(27)17-6-8-18(25)9-7-17/h2*2-9,19,21-23H,10-15H2,1H3/t19?,21?,22-,23+;19?,21?,22-,23-/m10/s1. The zero-order valence-corrected chi connectivity index (χ0v) is 33.5. The van der Waals surface area contributed by atoms with Crippen LogP contribution >= 0.6 is 0 Å². The number of rotatable bonds is 4. The van der Waals surface area contributed by atoms with Gasteiger partial charge in [-0.05, 0) is 136 Å². The molecule has 8 atom stereocenters. The Hall–Kier alpha value is -4.80. The van der Waals surface area contributed by atoms with Crippen LogP contribution < -0.4 is 0 Å². The predicted molar refractivity (Wildman–Crippen MR) is 218 cm³/mol. The van der Waals surface area contributed by atoms with Crippen molar-refractivity contribution >= 4 is 12.2 Å². The highest BCUT2D eigenvalue weighted by molar-refractivity contribution is 5.71. The van der Waals surface area contributed by atoms with Crippen molar-refractivity contribution < 1.29 is 27.8 Å². The second-order valence-corrected chi connectivity index (χ2v) is 17.1. The molecule has 0 N–H and O–H groups in total. The molecule has 0 spiro atoms. The highest BCUT2D eigenvalue weighted by atomic mass is 19.1. The molecule has 304 valence electrons. The quantitative estimate of drug-likeness (QED) is 0.206. The van der Waals surface area contributed by atoms with E-state index >= 15 is 0 Å². The van der Waals surface area contributed by atoms with Gasteiger partial charge in [0.25, 0.3) is 0 Å². The van der Waals surface area contributed by atoms with Gasteiger partial charge in [-0.3, -0.25) is 19.6 Å². The van der Waals surface area contributed by atoms with Crippen molar-refractivity contribution in [2.24, 2.45) is 0 Å². The summed E-state index contributed by atoms with van der Waals surface area (Å²) in [6.45, 7) is 1.21. The molecule has 0 radical (unpaired) electrons. The Morgan fingerprint density at radius 2 is 0.897 bits per heavy atom. The number of hydrogen-bond acceptors (Lipinski definition) is 6. The van der Waals surface area contributed by atoms with Crippen LogP contribution in [-0.4, -0.2) is 95.3 Å². The number of ether oxygens (including phenoxy) is 2. The van der Waals surface area contributed by atoms with Crippen LogP contribution in [0.5, 0.6) is 0 Å². The number of hydrogen-bond donors (Lipinski definition) is 0. The SMILES string of the molecule is CN1C2CCC1[C@@H](OC(=O)N1CCc3ccccc3[C@@H]1c1ccc(F)cc1)CC2.CN1C2CCC1[C@H](OC(=O)N1CCc3ccccc3[C@@H]1c1ccc(F)cc1)CC2. The van der Waals surface area contributed by atoms with E-state index in [1.807, 2.05) is 34.1 Å². The second kappa shape index (κ2) is 16.5. The Labute approximate surface area is 340 Å². The summed E-state index contributed by atoms with van der Waals surface area (Å²) in [5, 5.41) is 0. The van der Waals surface area contributed by atoms with Crippen LogP contribution in [0.15, 0.2) is 97.1 Å². The van der Waals surface area contributed by atoms with Crippen molar-refractivity contribution in [2.45, 2.75) is 113 Å². The summed E-state index contributed by atoms with van der Waals surface area (Å²) in [6, 6.07) is 30.8. The smallest absolute Gasteiger partial charge is 0.410 e. The largest absolute Gasteiger partial charge is 0.444 e. The number of benzene rings is 4. The van der Waals surface area contributed by atoms with Crippen LogP contribution in [0, 0.1) is 11.6 Å². The molecule has 10 heteroatoms. The molecule has 8 nitrogen and oxygen atoms in total. The van der Waals surface area contributed by atoms with Gasteiger partial charge in [0.15, 0.2) is 0 Å². The molecule has 4 aromatic carbocycles. The fourth-order valence-corrected chi connectivity index (χ4v) is 11.0. The van der Waals surface area contributed by atoms with Gasteiger partial charge in [-0.2, -0.15) is 0 Å². The van der Waals surface area contributed by atoms with Gasteiger partial charge >= 0.3 is 12.2 Å². The monoisotopic (exact) mass is 788 g/mol. The lowest BCUT2D eigenvalue weighted by atomic mass is 9.88. The van der Waals surface area contributed by atoms with Crippen LogP contribution in [0.1, 0.15) is 96.8 Å². The van der Waals surface area contributed by atoms with Gasteiger partial charge < -0.3 is 9.47 Å². The van der Waals surface area contributed by atoms with Crippen molar-refractivity contribution in [2.75, 3.05) is 27.2 Å². The third-order valence-electron chi connectivity index (χ3n) is 14.1. The molecule has 10 rings (SSSR count). The number of nitrogens with zero attached hydrogens (tertiary/aromatic N) is 4. The summed E-state index contributed by atoms with van der Waals surface area (Å²) in [6.07, 6.45) is 9.68. The normalized spacial score (nSPS) is 28.8. The van der Waals surface area contributed by atoms with E-state index in [-0.39, 0.29) is 48.1 Å². The minimum atomic E-state index is -0.270. The maximum atomic E-state index is 13.5. The minimum Gasteiger partial charge on any atom is -0.444 e. The maximum Gasteiger partial charge on any atom is 0.410 e. The highest BCUT2D eigenvalue weighted by Gasteiger charge is 2.45. The van der Waals surface area contributed by atoms with Gasteiger partial charge in [-0.1, -0.05) is 72.8 Å². The number of amides is 2. The topological polar surface area (TPSA) is 65.6 Å². The first kappa shape index (κ1) is 38.7. The third-order valence-corrected chi connectivity index (χ3v) is 14.1. The fraction of sp³-hybridized carbons (Fsp3) is 0.458. The summed E-state index contributed by atoms with van der Waals surface area (Å²) < 4.78 is 39.2. The molecule has 4 saturated heterocycles. The van der Waals surface area contributed by atoms with E-state index in [4.69, 9.17) is 9.47 Å². The van der Waals surface area contributed by atoms with Crippen LogP contribution in [-0.2, 0) is 22.3 Å². The van der Waals surface area contributed by atoms with Gasteiger partial charge in [0.1, 0.15) is 23.8 Å². The van der Waals surface area contributed by atoms with Gasteiger partial charge in [-0.15, -0.1) is 0 Å². The average molecular weight is 789 g/mol. The van der Waals surface area contributed by atoms with Crippen LogP contribution in [0.4, 0.5) is 18.4 Å². The lowest BCUT2D eigenvalue weighted by Crippen LogP contribution is -2.49. The van der Waals surface area contributed by atoms with E-state index in [0.717, 1.165) is 73.6 Å². The molecule has 4 bridgehead atoms.